The summed E-state index contributed by atoms with van der Waals surface area (Å²) in [5, 5.41) is 5.71. The molecule has 186 valence electrons. The quantitative estimate of drug-likeness (QED) is 0.433. The van der Waals surface area contributed by atoms with E-state index in [1.807, 2.05) is 44.4 Å². The van der Waals surface area contributed by atoms with Gasteiger partial charge in [0.1, 0.15) is 17.7 Å². The topological polar surface area (TPSA) is 87.7 Å². The number of amides is 3. The molecule has 1 aromatic carbocycles. The van der Waals surface area contributed by atoms with Gasteiger partial charge in [-0.15, -0.1) is 0 Å². The lowest BCUT2D eigenvalue weighted by Crippen LogP contribution is -2.53. The molecule has 0 aliphatic heterocycles. The largest absolute Gasteiger partial charge is 0.444 e. The van der Waals surface area contributed by atoms with Crippen LogP contribution in [0.5, 0.6) is 0 Å². The van der Waals surface area contributed by atoms with E-state index in [1.165, 1.54) is 0 Å². The highest BCUT2D eigenvalue weighted by molar-refractivity contribution is 7.98. The molecular weight excluding hydrogens is 438 g/mol. The first kappa shape index (κ1) is 28.8. The summed E-state index contributed by atoms with van der Waals surface area (Å²) in [6.45, 7) is 12.1. The molecule has 0 bridgehead atoms. The van der Waals surface area contributed by atoms with Crippen LogP contribution in [0.3, 0.4) is 0 Å². The molecule has 0 spiro atoms. The molecule has 8 heteroatoms. The van der Waals surface area contributed by atoms with Crippen LogP contribution in [0.1, 0.15) is 71.0 Å². The third-order valence-electron chi connectivity index (χ3n) is 4.97. The number of carbonyl (C=O) groups is 3. The van der Waals surface area contributed by atoms with Crippen LogP contribution in [0, 0.1) is 6.92 Å². The maximum Gasteiger partial charge on any atom is 0.408 e. The van der Waals surface area contributed by atoms with Crippen LogP contribution < -0.4 is 10.6 Å². The lowest BCUT2D eigenvalue weighted by atomic mass is 10.0. The number of hydrogen-bond acceptors (Lipinski definition) is 5. The average molecular weight is 480 g/mol. The van der Waals surface area contributed by atoms with Crippen LogP contribution in [-0.4, -0.2) is 59.5 Å². The van der Waals surface area contributed by atoms with Gasteiger partial charge in [0.15, 0.2) is 0 Å². The summed E-state index contributed by atoms with van der Waals surface area (Å²) in [5.41, 5.74) is 1.08. The molecule has 2 atom stereocenters. The molecule has 2 unspecified atom stereocenters. The maximum absolute atomic E-state index is 13.7. The Balaban J connectivity index is 3.26. The zero-order valence-electron chi connectivity index (χ0n) is 21.2. The molecule has 0 saturated heterocycles. The van der Waals surface area contributed by atoms with Gasteiger partial charge < -0.3 is 20.3 Å². The van der Waals surface area contributed by atoms with Gasteiger partial charge in [-0.3, -0.25) is 9.59 Å². The zero-order chi connectivity index (χ0) is 25.0. The number of alkyl carbamates (subject to hydrolysis) is 1. The number of rotatable bonds is 12. The molecule has 0 saturated carbocycles. The van der Waals surface area contributed by atoms with E-state index >= 15 is 0 Å². The first-order chi connectivity index (χ1) is 15.5. The Morgan fingerprint density at radius 1 is 1.18 bits per heavy atom. The third-order valence-corrected chi connectivity index (χ3v) is 5.61. The van der Waals surface area contributed by atoms with Gasteiger partial charge in [0.2, 0.25) is 11.8 Å². The number of benzene rings is 1. The van der Waals surface area contributed by atoms with Crippen molar-refractivity contribution in [1.29, 1.82) is 0 Å². The summed E-state index contributed by atoms with van der Waals surface area (Å²) in [5.74, 6) is 0.168. The maximum atomic E-state index is 13.7. The van der Waals surface area contributed by atoms with E-state index in [4.69, 9.17) is 4.74 Å². The van der Waals surface area contributed by atoms with Crippen molar-refractivity contribution < 1.29 is 19.1 Å². The van der Waals surface area contributed by atoms with E-state index in [1.54, 1.807) is 37.4 Å². The van der Waals surface area contributed by atoms with Crippen LogP contribution in [0.4, 0.5) is 4.79 Å². The fourth-order valence-corrected chi connectivity index (χ4v) is 3.88. The molecule has 0 aromatic heterocycles. The molecule has 33 heavy (non-hydrogen) atoms. The number of nitrogens with zero attached hydrogens (tertiary/aromatic N) is 1. The second-order valence-electron chi connectivity index (χ2n) is 9.07. The Hall–Kier alpha value is -2.22. The molecule has 1 rings (SSSR count). The second-order valence-corrected chi connectivity index (χ2v) is 10.1. The van der Waals surface area contributed by atoms with Gasteiger partial charge in [0.25, 0.3) is 0 Å². The number of hydrogen-bond donors (Lipinski definition) is 2. The van der Waals surface area contributed by atoms with Crippen molar-refractivity contribution in [3.05, 3.63) is 35.4 Å². The van der Waals surface area contributed by atoms with Gasteiger partial charge in [0, 0.05) is 13.1 Å². The number of likely N-dealkylation sites (N-methyl/N-ethyl adjacent to an activating group) is 1. The van der Waals surface area contributed by atoms with Gasteiger partial charge in [0.05, 0.1) is 0 Å². The van der Waals surface area contributed by atoms with E-state index in [2.05, 4.69) is 17.6 Å². The van der Waals surface area contributed by atoms with Crippen molar-refractivity contribution in [1.82, 2.24) is 15.5 Å². The number of unbranched alkanes of at least 4 members (excludes halogenated alkanes) is 1. The number of ether oxygens (including phenoxy) is 1. The smallest absolute Gasteiger partial charge is 0.408 e. The fraction of sp³-hybridized carbons (Fsp3) is 0.640. The van der Waals surface area contributed by atoms with E-state index in [0.717, 1.165) is 24.0 Å². The van der Waals surface area contributed by atoms with Gasteiger partial charge in [-0.05, 0) is 65.0 Å². The molecule has 7 nitrogen and oxygen atoms in total. The number of thioether (sulfide) groups is 1. The van der Waals surface area contributed by atoms with Crippen LogP contribution in [0.2, 0.25) is 0 Å². The SMILES string of the molecule is CCCCNC(=O)C(c1cccc(C)c1)N(CC)C(=O)C(CCSC)NC(=O)OC(C)(C)C. The summed E-state index contributed by atoms with van der Waals surface area (Å²) in [6.07, 6.45) is 3.57. The molecule has 0 aliphatic rings. The Labute approximate surface area is 203 Å². The number of aryl methyl sites for hydroxylation is 1. The summed E-state index contributed by atoms with van der Waals surface area (Å²) < 4.78 is 5.38. The Morgan fingerprint density at radius 2 is 1.88 bits per heavy atom. The first-order valence-corrected chi connectivity index (χ1v) is 13.1. The van der Waals surface area contributed by atoms with Crippen molar-refractivity contribution in [3.8, 4) is 0 Å². The molecule has 3 amide bonds. The Morgan fingerprint density at radius 3 is 2.42 bits per heavy atom. The molecular formula is C25H41N3O4S. The summed E-state index contributed by atoms with van der Waals surface area (Å²) in [6, 6.07) is 6.07. The minimum absolute atomic E-state index is 0.217. The third kappa shape index (κ3) is 10.1. The standard InChI is InChI=1S/C25H41N3O4S/c1-8-10-15-26-22(29)21(19-13-11-12-18(3)17-19)28(9-2)23(30)20(14-16-33-7)27-24(31)32-25(4,5)6/h11-13,17,20-21H,8-10,14-16H2,1-7H3,(H,26,29)(H,27,31). The summed E-state index contributed by atoms with van der Waals surface area (Å²) >= 11 is 1.59. The molecule has 0 radical (unpaired) electrons. The van der Waals surface area contributed by atoms with Gasteiger partial charge in [-0.1, -0.05) is 43.2 Å². The van der Waals surface area contributed by atoms with Gasteiger partial charge in [-0.25, -0.2) is 4.79 Å². The Kier molecular flexibility index (Phi) is 12.3. The van der Waals surface area contributed by atoms with Crippen LogP contribution >= 0.6 is 11.8 Å². The summed E-state index contributed by atoms with van der Waals surface area (Å²) in [7, 11) is 0. The van der Waals surface area contributed by atoms with Crippen LogP contribution in [-0.2, 0) is 14.3 Å². The van der Waals surface area contributed by atoms with E-state index in [0.29, 0.717) is 25.3 Å². The van der Waals surface area contributed by atoms with Gasteiger partial charge >= 0.3 is 6.09 Å². The predicted octanol–water partition coefficient (Wildman–Crippen LogP) is 4.45. The Bertz CT molecular complexity index is 779. The monoisotopic (exact) mass is 479 g/mol. The molecule has 0 fully saturated rings. The highest BCUT2D eigenvalue weighted by Gasteiger charge is 2.35. The summed E-state index contributed by atoms with van der Waals surface area (Å²) in [4.78, 5) is 40.9. The van der Waals surface area contributed by atoms with Crippen molar-refractivity contribution in [3.63, 3.8) is 0 Å². The van der Waals surface area contributed by atoms with Crippen molar-refractivity contribution >= 4 is 29.7 Å². The minimum atomic E-state index is -0.789. The highest BCUT2D eigenvalue weighted by Crippen LogP contribution is 2.24. The average Bonchev–Trinajstić information content (AvgIpc) is 2.73. The van der Waals surface area contributed by atoms with Gasteiger partial charge in [-0.2, -0.15) is 11.8 Å². The van der Waals surface area contributed by atoms with E-state index < -0.39 is 23.8 Å². The van der Waals surface area contributed by atoms with E-state index in [-0.39, 0.29) is 11.8 Å². The normalized spacial score (nSPS) is 13.1. The molecule has 1 aromatic rings. The van der Waals surface area contributed by atoms with E-state index in [9.17, 15) is 14.4 Å². The first-order valence-electron chi connectivity index (χ1n) is 11.7. The molecule has 0 aliphatic carbocycles. The second kappa shape index (κ2) is 14.1. The predicted molar refractivity (Wildman–Crippen MR) is 135 cm³/mol. The number of carbonyl (C=O) groups excluding carboxylic acids is 3. The lowest BCUT2D eigenvalue weighted by Gasteiger charge is -2.34. The molecule has 2 N–H and O–H groups in total. The highest BCUT2D eigenvalue weighted by atomic mass is 32.2. The fourth-order valence-electron chi connectivity index (χ4n) is 3.41. The lowest BCUT2D eigenvalue weighted by molar-refractivity contribution is -0.142. The van der Waals surface area contributed by atoms with Crippen molar-refractivity contribution in [2.24, 2.45) is 0 Å². The van der Waals surface area contributed by atoms with Crippen LogP contribution in [0.25, 0.3) is 0 Å². The minimum Gasteiger partial charge on any atom is -0.444 e. The van der Waals surface area contributed by atoms with Crippen LogP contribution in [0.15, 0.2) is 24.3 Å². The number of nitrogens with one attached hydrogen (secondary N) is 2. The van der Waals surface area contributed by atoms with Crippen molar-refractivity contribution in [2.75, 3.05) is 25.1 Å². The van der Waals surface area contributed by atoms with Crippen molar-refractivity contribution in [2.45, 2.75) is 78.5 Å². The zero-order valence-corrected chi connectivity index (χ0v) is 22.0. The molecule has 0 heterocycles.